The molecule has 0 bridgehead atoms. The largest absolute Gasteiger partial charge is 0.392 e. The Labute approximate surface area is 131 Å². The van der Waals surface area contributed by atoms with E-state index in [1.807, 2.05) is 36.0 Å². The summed E-state index contributed by atoms with van der Waals surface area (Å²) < 4.78 is 1.93. The first kappa shape index (κ1) is 15.2. The van der Waals surface area contributed by atoms with Crippen LogP contribution in [0.15, 0.2) is 42.6 Å². The molecular weight excluding hydrogens is 276 g/mol. The minimum atomic E-state index is -0.242. The first-order chi connectivity index (χ1) is 10.7. The van der Waals surface area contributed by atoms with Gasteiger partial charge in [0.15, 0.2) is 0 Å². The first-order valence-corrected chi connectivity index (χ1v) is 7.93. The Morgan fingerprint density at radius 2 is 1.73 bits per heavy atom. The van der Waals surface area contributed by atoms with Crippen LogP contribution in [0.25, 0.3) is 5.69 Å². The van der Waals surface area contributed by atoms with E-state index in [9.17, 15) is 5.11 Å². The topological polar surface area (TPSA) is 44.5 Å². The zero-order chi connectivity index (χ0) is 15.4. The maximum atomic E-state index is 9.45. The molecule has 1 fully saturated rings. The van der Waals surface area contributed by atoms with Crippen LogP contribution in [0.5, 0.6) is 0 Å². The quantitative estimate of drug-likeness (QED) is 0.906. The van der Waals surface area contributed by atoms with Gasteiger partial charge in [-0.25, -0.2) is 4.68 Å². The molecule has 1 aliphatic rings. The Morgan fingerprint density at radius 3 is 2.41 bits per heavy atom. The first-order valence-electron chi connectivity index (χ1n) is 7.93. The SMILES string of the molecule is C[C@H](O)CN1CCN(Cc2ccn(-c3ccccc3)n2)CC1. The maximum absolute atomic E-state index is 9.45. The van der Waals surface area contributed by atoms with Gasteiger partial charge in [0, 0.05) is 45.5 Å². The van der Waals surface area contributed by atoms with E-state index in [1.165, 1.54) is 0 Å². The Balaban J connectivity index is 1.54. The molecular formula is C17H24N4O. The summed E-state index contributed by atoms with van der Waals surface area (Å²) in [4.78, 5) is 4.75. The van der Waals surface area contributed by atoms with Gasteiger partial charge in [0.25, 0.3) is 0 Å². The molecule has 0 radical (unpaired) electrons. The van der Waals surface area contributed by atoms with Crippen LogP contribution in [-0.2, 0) is 6.54 Å². The molecule has 5 heteroatoms. The van der Waals surface area contributed by atoms with Gasteiger partial charge in [0.1, 0.15) is 0 Å². The number of aliphatic hydroxyl groups is 1. The second-order valence-electron chi connectivity index (χ2n) is 6.01. The van der Waals surface area contributed by atoms with Crippen LogP contribution in [0.3, 0.4) is 0 Å². The fourth-order valence-corrected chi connectivity index (χ4v) is 2.90. The van der Waals surface area contributed by atoms with E-state index in [0.717, 1.165) is 50.6 Å². The number of aliphatic hydroxyl groups excluding tert-OH is 1. The number of piperazine rings is 1. The molecule has 0 unspecified atom stereocenters. The van der Waals surface area contributed by atoms with E-state index in [-0.39, 0.29) is 6.10 Å². The average molecular weight is 300 g/mol. The van der Waals surface area contributed by atoms with Gasteiger partial charge in [-0.1, -0.05) is 18.2 Å². The van der Waals surface area contributed by atoms with Crippen molar-refractivity contribution in [3.05, 3.63) is 48.3 Å². The highest BCUT2D eigenvalue weighted by molar-refractivity contribution is 5.30. The van der Waals surface area contributed by atoms with Gasteiger partial charge in [-0.15, -0.1) is 0 Å². The summed E-state index contributed by atoms with van der Waals surface area (Å²) in [5, 5.41) is 14.1. The molecule has 1 saturated heterocycles. The lowest BCUT2D eigenvalue weighted by molar-refractivity contribution is 0.0776. The van der Waals surface area contributed by atoms with Crippen LogP contribution in [0.2, 0.25) is 0 Å². The molecule has 0 saturated carbocycles. The molecule has 1 N–H and O–H groups in total. The summed E-state index contributed by atoms with van der Waals surface area (Å²) in [7, 11) is 0. The van der Waals surface area contributed by atoms with E-state index in [2.05, 4.69) is 33.1 Å². The molecule has 2 heterocycles. The lowest BCUT2D eigenvalue weighted by atomic mass is 10.2. The van der Waals surface area contributed by atoms with Gasteiger partial charge in [-0.05, 0) is 25.1 Å². The van der Waals surface area contributed by atoms with Gasteiger partial charge in [0.05, 0.1) is 17.5 Å². The number of β-amino-alcohol motifs (C(OH)–C–C–N with tert-alkyl or cyclic N) is 1. The molecule has 3 rings (SSSR count). The minimum absolute atomic E-state index is 0.242. The second kappa shape index (κ2) is 7.05. The van der Waals surface area contributed by atoms with Crippen molar-refractivity contribution in [1.82, 2.24) is 19.6 Å². The summed E-state index contributed by atoms with van der Waals surface area (Å²) in [6.45, 7) is 7.62. The van der Waals surface area contributed by atoms with E-state index in [0.29, 0.717) is 0 Å². The molecule has 0 amide bonds. The molecule has 118 valence electrons. The van der Waals surface area contributed by atoms with Crippen LogP contribution in [0, 0.1) is 0 Å². The normalized spacial score (nSPS) is 18.5. The molecule has 1 aromatic carbocycles. The maximum Gasteiger partial charge on any atom is 0.0769 e. The Morgan fingerprint density at radius 1 is 1.05 bits per heavy atom. The van der Waals surface area contributed by atoms with Gasteiger partial charge in [-0.2, -0.15) is 5.10 Å². The van der Waals surface area contributed by atoms with Gasteiger partial charge < -0.3 is 5.11 Å². The van der Waals surface area contributed by atoms with Crippen molar-refractivity contribution in [3.63, 3.8) is 0 Å². The standard InChI is InChI=1S/C17H24N4O/c1-15(22)13-19-9-11-20(12-10-19)14-16-7-8-21(18-16)17-5-3-2-4-6-17/h2-8,15,22H,9-14H2,1H3/t15-/m0/s1. The predicted octanol–water partition coefficient (Wildman–Crippen LogP) is 1.37. The van der Waals surface area contributed by atoms with Gasteiger partial charge >= 0.3 is 0 Å². The summed E-state index contributed by atoms with van der Waals surface area (Å²) in [5.41, 5.74) is 2.20. The molecule has 5 nitrogen and oxygen atoms in total. The highest BCUT2D eigenvalue weighted by Gasteiger charge is 2.18. The van der Waals surface area contributed by atoms with Crippen molar-refractivity contribution in [1.29, 1.82) is 0 Å². The van der Waals surface area contributed by atoms with Crippen molar-refractivity contribution < 1.29 is 5.11 Å². The molecule has 22 heavy (non-hydrogen) atoms. The van der Waals surface area contributed by atoms with Gasteiger partial charge in [-0.3, -0.25) is 9.80 Å². The minimum Gasteiger partial charge on any atom is -0.392 e. The number of hydrogen-bond donors (Lipinski definition) is 1. The molecule has 1 atom stereocenters. The van der Waals surface area contributed by atoms with Crippen molar-refractivity contribution >= 4 is 0 Å². The lowest BCUT2D eigenvalue weighted by Gasteiger charge is -2.34. The van der Waals surface area contributed by atoms with E-state index < -0.39 is 0 Å². The predicted molar refractivity (Wildman–Crippen MR) is 87.0 cm³/mol. The van der Waals surface area contributed by atoms with Crippen LogP contribution < -0.4 is 0 Å². The van der Waals surface area contributed by atoms with Crippen molar-refractivity contribution in [3.8, 4) is 5.69 Å². The third kappa shape index (κ3) is 3.94. The summed E-state index contributed by atoms with van der Waals surface area (Å²) in [6, 6.07) is 12.3. The second-order valence-corrected chi connectivity index (χ2v) is 6.01. The van der Waals surface area contributed by atoms with Crippen LogP contribution in [0.1, 0.15) is 12.6 Å². The zero-order valence-electron chi connectivity index (χ0n) is 13.1. The average Bonchev–Trinajstić information content (AvgIpc) is 2.98. The summed E-state index contributed by atoms with van der Waals surface area (Å²) in [5.74, 6) is 0. The van der Waals surface area contributed by atoms with Crippen molar-refractivity contribution in [2.45, 2.75) is 19.6 Å². The molecule has 0 aliphatic carbocycles. The van der Waals surface area contributed by atoms with E-state index in [4.69, 9.17) is 0 Å². The number of benzene rings is 1. The zero-order valence-corrected chi connectivity index (χ0v) is 13.1. The number of hydrogen-bond acceptors (Lipinski definition) is 4. The van der Waals surface area contributed by atoms with Crippen molar-refractivity contribution in [2.24, 2.45) is 0 Å². The number of para-hydroxylation sites is 1. The highest BCUT2D eigenvalue weighted by Crippen LogP contribution is 2.10. The number of nitrogens with zero attached hydrogens (tertiary/aromatic N) is 4. The molecule has 2 aromatic rings. The molecule has 0 spiro atoms. The van der Waals surface area contributed by atoms with Crippen LogP contribution >= 0.6 is 0 Å². The van der Waals surface area contributed by atoms with Crippen molar-refractivity contribution in [2.75, 3.05) is 32.7 Å². The lowest BCUT2D eigenvalue weighted by Crippen LogP contribution is -2.47. The molecule has 1 aliphatic heterocycles. The summed E-state index contributed by atoms with van der Waals surface area (Å²) >= 11 is 0. The third-order valence-corrected chi connectivity index (χ3v) is 4.04. The number of aromatic nitrogens is 2. The van der Waals surface area contributed by atoms with Gasteiger partial charge in [0.2, 0.25) is 0 Å². The molecule has 1 aromatic heterocycles. The fraction of sp³-hybridized carbons (Fsp3) is 0.471. The fourth-order valence-electron chi connectivity index (χ4n) is 2.90. The Hall–Kier alpha value is -1.69. The van der Waals surface area contributed by atoms with Crippen LogP contribution in [-0.4, -0.2) is 63.5 Å². The third-order valence-electron chi connectivity index (χ3n) is 4.04. The van der Waals surface area contributed by atoms with E-state index in [1.54, 1.807) is 0 Å². The smallest absolute Gasteiger partial charge is 0.0769 e. The Bertz CT molecular complexity index is 573. The monoisotopic (exact) mass is 300 g/mol. The van der Waals surface area contributed by atoms with Crippen LogP contribution in [0.4, 0.5) is 0 Å². The number of rotatable bonds is 5. The Kier molecular flexibility index (Phi) is 4.87. The summed E-state index contributed by atoms with van der Waals surface area (Å²) in [6.07, 6.45) is 1.78. The highest BCUT2D eigenvalue weighted by atomic mass is 16.3. The van der Waals surface area contributed by atoms with E-state index >= 15 is 0 Å².